The van der Waals surface area contributed by atoms with Gasteiger partial charge in [-0.05, 0) is 62.2 Å². The van der Waals surface area contributed by atoms with Crippen LogP contribution in [0.1, 0.15) is 27.7 Å². The summed E-state index contributed by atoms with van der Waals surface area (Å²) < 4.78 is 0.535. The number of thiophene rings is 1. The van der Waals surface area contributed by atoms with Crippen molar-refractivity contribution in [2.45, 2.75) is 25.8 Å². The summed E-state index contributed by atoms with van der Waals surface area (Å²) in [4.78, 5) is 27.9. The van der Waals surface area contributed by atoms with Crippen molar-refractivity contribution in [2.75, 3.05) is 25.5 Å². The van der Waals surface area contributed by atoms with Crippen LogP contribution in [0.2, 0.25) is 4.34 Å². The lowest BCUT2D eigenvalue weighted by Gasteiger charge is -2.16. The summed E-state index contributed by atoms with van der Waals surface area (Å²) in [5.74, 6) is -0.597. The van der Waals surface area contributed by atoms with E-state index < -0.39 is 6.04 Å². The topological polar surface area (TPSA) is 61.4 Å². The van der Waals surface area contributed by atoms with Gasteiger partial charge in [-0.15, -0.1) is 11.3 Å². The first-order valence-corrected chi connectivity index (χ1v) is 10.5. The van der Waals surface area contributed by atoms with E-state index in [1.165, 1.54) is 22.5 Å². The number of hydrogen-bond donors (Lipinski definition) is 2. The summed E-state index contributed by atoms with van der Waals surface area (Å²) in [6.07, 6.45) is 5.39. The van der Waals surface area contributed by atoms with Gasteiger partial charge < -0.3 is 15.5 Å². The SMILES string of the molecule is CC=CC(NC(=O)c1ccc(Cl)s1)C(=O)Nc1ccc2c(c1)CCN(C)CC2. The van der Waals surface area contributed by atoms with Crippen LogP contribution in [0.3, 0.4) is 0 Å². The Bertz CT molecular complexity index is 894. The lowest BCUT2D eigenvalue weighted by molar-refractivity contribution is -0.117. The Balaban J connectivity index is 1.69. The lowest BCUT2D eigenvalue weighted by atomic mass is 10.0. The first-order valence-electron chi connectivity index (χ1n) is 9.26. The largest absolute Gasteiger partial charge is 0.336 e. The van der Waals surface area contributed by atoms with Gasteiger partial charge in [-0.1, -0.05) is 29.8 Å². The van der Waals surface area contributed by atoms with Crippen molar-refractivity contribution < 1.29 is 9.59 Å². The van der Waals surface area contributed by atoms with Gasteiger partial charge in [-0.25, -0.2) is 0 Å². The summed E-state index contributed by atoms with van der Waals surface area (Å²) in [7, 11) is 2.12. The molecule has 1 unspecified atom stereocenters. The third-order valence-electron chi connectivity index (χ3n) is 4.75. The molecule has 0 saturated carbocycles. The normalized spacial score (nSPS) is 15.7. The highest BCUT2D eigenvalue weighted by atomic mass is 35.5. The maximum absolute atomic E-state index is 12.8. The van der Waals surface area contributed by atoms with E-state index in [2.05, 4.69) is 28.6 Å². The molecule has 0 aliphatic carbocycles. The molecule has 0 bridgehead atoms. The van der Waals surface area contributed by atoms with E-state index in [0.717, 1.165) is 31.6 Å². The molecule has 2 aromatic rings. The van der Waals surface area contributed by atoms with E-state index in [1.807, 2.05) is 19.1 Å². The van der Waals surface area contributed by atoms with E-state index in [4.69, 9.17) is 11.6 Å². The third kappa shape index (κ3) is 5.22. The minimum absolute atomic E-state index is 0.278. The third-order valence-corrected chi connectivity index (χ3v) is 5.98. The Kier molecular flexibility index (Phi) is 6.88. The second-order valence-electron chi connectivity index (χ2n) is 6.86. The number of nitrogens with zero attached hydrogens (tertiary/aromatic N) is 1. The number of carbonyl (C=O) groups excluding carboxylic acids is 2. The molecule has 148 valence electrons. The summed E-state index contributed by atoms with van der Waals surface area (Å²) in [5, 5.41) is 5.68. The van der Waals surface area contributed by atoms with Gasteiger partial charge in [-0.3, -0.25) is 9.59 Å². The van der Waals surface area contributed by atoms with Crippen LogP contribution in [0.25, 0.3) is 0 Å². The predicted molar refractivity (Wildman–Crippen MR) is 115 cm³/mol. The smallest absolute Gasteiger partial charge is 0.262 e. The number of nitrogens with one attached hydrogen (secondary N) is 2. The number of hydrogen-bond acceptors (Lipinski definition) is 4. The number of halogens is 1. The van der Waals surface area contributed by atoms with Crippen molar-refractivity contribution in [3.63, 3.8) is 0 Å². The van der Waals surface area contributed by atoms with Crippen LogP contribution < -0.4 is 10.6 Å². The Morgan fingerprint density at radius 1 is 1.18 bits per heavy atom. The molecular weight excluding hydrogens is 394 g/mol. The molecule has 2 N–H and O–H groups in total. The van der Waals surface area contributed by atoms with Gasteiger partial charge in [0.1, 0.15) is 6.04 Å². The summed E-state index contributed by atoms with van der Waals surface area (Å²) in [6.45, 7) is 3.86. The number of benzene rings is 1. The minimum Gasteiger partial charge on any atom is -0.336 e. The Hall–Kier alpha value is -2.15. The van der Waals surface area contributed by atoms with Crippen molar-refractivity contribution in [3.8, 4) is 0 Å². The van der Waals surface area contributed by atoms with E-state index >= 15 is 0 Å². The second-order valence-corrected chi connectivity index (χ2v) is 8.57. The van der Waals surface area contributed by atoms with E-state index in [-0.39, 0.29) is 11.8 Å². The number of amides is 2. The quantitative estimate of drug-likeness (QED) is 0.728. The van der Waals surface area contributed by atoms with Crippen molar-refractivity contribution >= 4 is 40.4 Å². The zero-order valence-corrected chi connectivity index (χ0v) is 17.6. The highest BCUT2D eigenvalue weighted by molar-refractivity contribution is 7.18. The van der Waals surface area contributed by atoms with Crippen LogP contribution in [0.15, 0.2) is 42.5 Å². The molecule has 1 aromatic heterocycles. The molecule has 2 heterocycles. The molecule has 1 aliphatic rings. The van der Waals surface area contributed by atoms with Crippen molar-refractivity contribution in [2.24, 2.45) is 0 Å². The highest BCUT2D eigenvalue weighted by Gasteiger charge is 2.20. The van der Waals surface area contributed by atoms with Crippen molar-refractivity contribution in [3.05, 3.63) is 62.8 Å². The van der Waals surface area contributed by atoms with E-state index in [1.54, 1.807) is 24.3 Å². The standard InChI is InChI=1S/C21H24ClN3O2S/c1-3-4-17(24-21(27)18-7-8-19(22)28-18)20(26)23-16-6-5-14-9-11-25(2)12-10-15(14)13-16/h3-8,13,17H,9-12H2,1-2H3,(H,23,26)(H,24,27). The number of likely N-dealkylation sites (N-methyl/N-ethyl adjacent to an activating group) is 1. The predicted octanol–water partition coefficient (Wildman–Crippen LogP) is 3.75. The average Bonchev–Trinajstić information content (AvgIpc) is 3.02. The van der Waals surface area contributed by atoms with Gasteiger partial charge in [0.05, 0.1) is 9.21 Å². The fourth-order valence-electron chi connectivity index (χ4n) is 3.18. The number of rotatable bonds is 5. The molecule has 1 aromatic carbocycles. The maximum Gasteiger partial charge on any atom is 0.262 e. The molecule has 1 atom stereocenters. The molecule has 1 aliphatic heterocycles. The summed E-state index contributed by atoms with van der Waals surface area (Å²) in [5.41, 5.74) is 3.34. The lowest BCUT2D eigenvalue weighted by Crippen LogP contribution is -2.42. The van der Waals surface area contributed by atoms with Gasteiger partial charge in [0.25, 0.3) is 11.8 Å². The highest BCUT2D eigenvalue weighted by Crippen LogP contribution is 2.22. The van der Waals surface area contributed by atoms with Gasteiger partial charge in [-0.2, -0.15) is 0 Å². The second kappa shape index (κ2) is 9.37. The molecule has 3 rings (SSSR count). The fraction of sp³-hybridized carbons (Fsp3) is 0.333. The van der Waals surface area contributed by atoms with Crippen LogP contribution in [0.4, 0.5) is 5.69 Å². The fourth-order valence-corrected chi connectivity index (χ4v) is 4.12. The molecular formula is C21H24ClN3O2S. The van der Waals surface area contributed by atoms with Gasteiger partial charge >= 0.3 is 0 Å². The Morgan fingerprint density at radius 2 is 1.93 bits per heavy atom. The molecule has 7 heteroatoms. The van der Waals surface area contributed by atoms with Gasteiger partial charge in [0, 0.05) is 18.8 Å². The number of anilines is 1. The van der Waals surface area contributed by atoms with Crippen LogP contribution >= 0.6 is 22.9 Å². The number of carbonyl (C=O) groups is 2. The van der Waals surface area contributed by atoms with Crippen LogP contribution in [0.5, 0.6) is 0 Å². The van der Waals surface area contributed by atoms with E-state index in [0.29, 0.717) is 9.21 Å². The number of fused-ring (bicyclic) bond motifs is 1. The zero-order chi connectivity index (χ0) is 20.1. The number of allylic oxidation sites excluding steroid dienone is 1. The van der Waals surface area contributed by atoms with Crippen molar-refractivity contribution in [1.29, 1.82) is 0 Å². The molecule has 0 radical (unpaired) electrons. The average molecular weight is 418 g/mol. The molecule has 5 nitrogen and oxygen atoms in total. The van der Waals surface area contributed by atoms with Crippen LogP contribution in [0, 0.1) is 0 Å². The first-order chi connectivity index (χ1) is 13.5. The molecule has 0 spiro atoms. The maximum atomic E-state index is 12.8. The Morgan fingerprint density at radius 3 is 2.61 bits per heavy atom. The molecule has 2 amide bonds. The van der Waals surface area contributed by atoms with Crippen LogP contribution in [-0.2, 0) is 17.6 Å². The summed E-state index contributed by atoms with van der Waals surface area (Å²) >= 11 is 7.08. The van der Waals surface area contributed by atoms with Crippen molar-refractivity contribution in [1.82, 2.24) is 10.2 Å². The monoisotopic (exact) mass is 417 g/mol. The Labute approximate surface area is 174 Å². The summed E-state index contributed by atoms with van der Waals surface area (Å²) in [6, 6.07) is 8.61. The van der Waals surface area contributed by atoms with Crippen LogP contribution in [-0.4, -0.2) is 42.9 Å². The molecule has 0 fully saturated rings. The first kappa shape index (κ1) is 20.6. The zero-order valence-electron chi connectivity index (χ0n) is 16.0. The van der Waals surface area contributed by atoms with E-state index in [9.17, 15) is 9.59 Å². The molecule has 0 saturated heterocycles. The molecule has 28 heavy (non-hydrogen) atoms. The van der Waals surface area contributed by atoms with Gasteiger partial charge in [0.2, 0.25) is 0 Å². The minimum atomic E-state index is -0.761. The van der Waals surface area contributed by atoms with Gasteiger partial charge in [0.15, 0.2) is 0 Å².